The Morgan fingerprint density at radius 3 is 2.45 bits per heavy atom. The lowest BCUT2D eigenvalue weighted by atomic mass is 9.67. The first-order valence-corrected chi connectivity index (χ1v) is 9.26. The predicted octanol–water partition coefficient (Wildman–Crippen LogP) is 4.78. The van der Waals surface area contributed by atoms with E-state index in [9.17, 15) is 0 Å². The molecule has 0 aliphatic heterocycles. The molecule has 0 heterocycles. The van der Waals surface area contributed by atoms with Gasteiger partial charge in [0.25, 0.3) is 0 Å². The van der Waals surface area contributed by atoms with Gasteiger partial charge in [-0.15, -0.1) is 0 Å². The molecule has 0 amide bonds. The summed E-state index contributed by atoms with van der Waals surface area (Å²) in [6, 6.07) is 8.48. The number of rotatable bonds is 7. The van der Waals surface area contributed by atoms with Gasteiger partial charge >= 0.3 is 0 Å². The Morgan fingerprint density at radius 2 is 1.77 bits per heavy atom. The molecule has 1 N–H and O–H groups in total. The molecule has 2 aliphatic carbocycles. The van der Waals surface area contributed by atoms with E-state index in [0.29, 0.717) is 0 Å². The van der Waals surface area contributed by atoms with E-state index in [4.69, 9.17) is 4.74 Å². The molecular formula is C20H31NO. The van der Waals surface area contributed by atoms with Crippen LogP contribution in [0.2, 0.25) is 0 Å². The second-order valence-electron chi connectivity index (χ2n) is 7.28. The van der Waals surface area contributed by atoms with E-state index in [0.717, 1.165) is 43.2 Å². The molecule has 122 valence electrons. The minimum absolute atomic E-state index is 0.737. The van der Waals surface area contributed by atoms with Gasteiger partial charge in [0.15, 0.2) is 0 Å². The second kappa shape index (κ2) is 8.01. The highest BCUT2D eigenvalue weighted by Crippen LogP contribution is 2.43. The van der Waals surface area contributed by atoms with Crippen molar-refractivity contribution in [3.63, 3.8) is 0 Å². The molecule has 2 unspecified atom stereocenters. The summed E-state index contributed by atoms with van der Waals surface area (Å²) in [7, 11) is 0. The first-order chi connectivity index (χ1) is 10.8. The Kier molecular flexibility index (Phi) is 5.77. The Hall–Kier alpha value is -1.02. The van der Waals surface area contributed by atoms with E-state index in [2.05, 4.69) is 29.6 Å². The minimum Gasteiger partial charge on any atom is -0.494 e. The highest BCUT2D eigenvalue weighted by molar-refractivity contribution is 5.27. The molecule has 2 fully saturated rings. The van der Waals surface area contributed by atoms with Gasteiger partial charge in [-0.05, 0) is 74.6 Å². The van der Waals surface area contributed by atoms with Crippen LogP contribution in [0.15, 0.2) is 24.3 Å². The van der Waals surface area contributed by atoms with Gasteiger partial charge in [-0.25, -0.2) is 0 Å². The summed E-state index contributed by atoms with van der Waals surface area (Å²) >= 11 is 0. The monoisotopic (exact) mass is 301 g/mol. The van der Waals surface area contributed by atoms with Crippen LogP contribution in [0.1, 0.15) is 57.4 Å². The fourth-order valence-electron chi connectivity index (χ4n) is 4.51. The van der Waals surface area contributed by atoms with Gasteiger partial charge in [-0.2, -0.15) is 0 Å². The van der Waals surface area contributed by atoms with Crippen molar-refractivity contribution in [1.82, 2.24) is 5.32 Å². The van der Waals surface area contributed by atoms with Gasteiger partial charge in [-0.3, -0.25) is 0 Å². The van der Waals surface area contributed by atoms with E-state index >= 15 is 0 Å². The maximum atomic E-state index is 5.48. The third-order valence-electron chi connectivity index (χ3n) is 5.52. The highest BCUT2D eigenvalue weighted by Gasteiger charge is 2.31. The van der Waals surface area contributed by atoms with E-state index < -0.39 is 0 Å². The van der Waals surface area contributed by atoms with Crippen LogP contribution in [0.25, 0.3) is 0 Å². The van der Waals surface area contributed by atoms with Crippen molar-refractivity contribution in [1.29, 1.82) is 0 Å². The van der Waals surface area contributed by atoms with Crippen molar-refractivity contribution in [2.24, 2.45) is 17.8 Å². The Bertz CT molecular complexity index is 430. The molecule has 2 aliphatic rings. The molecule has 1 aromatic rings. The van der Waals surface area contributed by atoms with Crippen LogP contribution in [0.3, 0.4) is 0 Å². The van der Waals surface area contributed by atoms with Crippen LogP contribution >= 0.6 is 0 Å². The Labute approximate surface area is 135 Å². The summed E-state index contributed by atoms with van der Waals surface area (Å²) in [6.45, 7) is 4.90. The van der Waals surface area contributed by atoms with E-state index in [1.807, 2.05) is 6.92 Å². The van der Waals surface area contributed by atoms with Gasteiger partial charge in [0.05, 0.1) is 6.61 Å². The molecule has 0 radical (unpaired) electrons. The largest absolute Gasteiger partial charge is 0.494 e. The standard InChI is InChI=1S/C20H31NO/c1-2-22-20-8-6-16(7-9-20)15-21-11-10-19-13-17-4-3-5-18(12-17)14-19/h6-9,17-19,21H,2-5,10-15H2,1H3. The molecule has 2 heteroatoms. The van der Waals surface area contributed by atoms with Crippen LogP contribution in [0.4, 0.5) is 0 Å². The number of benzene rings is 1. The summed E-state index contributed by atoms with van der Waals surface area (Å²) < 4.78 is 5.48. The third-order valence-corrected chi connectivity index (χ3v) is 5.52. The number of hydrogen-bond donors (Lipinski definition) is 1. The normalized spacial score (nSPS) is 27.6. The summed E-state index contributed by atoms with van der Waals surface area (Å²) in [4.78, 5) is 0. The second-order valence-corrected chi connectivity index (χ2v) is 7.28. The van der Waals surface area contributed by atoms with Crippen LogP contribution in [0, 0.1) is 17.8 Å². The quantitative estimate of drug-likeness (QED) is 0.732. The lowest BCUT2D eigenvalue weighted by molar-refractivity contribution is 0.132. The molecule has 1 aromatic carbocycles. The van der Waals surface area contributed by atoms with Crippen molar-refractivity contribution < 1.29 is 4.74 Å². The number of fused-ring (bicyclic) bond motifs is 2. The maximum Gasteiger partial charge on any atom is 0.119 e. The predicted molar refractivity (Wildman–Crippen MR) is 92.1 cm³/mol. The zero-order chi connectivity index (χ0) is 15.2. The summed E-state index contributed by atoms with van der Waals surface area (Å²) in [5.74, 6) is 4.07. The van der Waals surface area contributed by atoms with Crippen LogP contribution in [0.5, 0.6) is 5.75 Å². The SMILES string of the molecule is CCOc1ccc(CNCCC2CC3CCCC(C3)C2)cc1. The fourth-order valence-corrected chi connectivity index (χ4v) is 4.51. The molecule has 0 aromatic heterocycles. The van der Waals surface area contributed by atoms with E-state index in [-0.39, 0.29) is 0 Å². The summed E-state index contributed by atoms with van der Waals surface area (Å²) in [5.41, 5.74) is 1.35. The lowest BCUT2D eigenvalue weighted by Gasteiger charge is -2.39. The van der Waals surface area contributed by atoms with Gasteiger partial charge in [-0.1, -0.05) is 31.4 Å². The van der Waals surface area contributed by atoms with E-state index in [1.165, 1.54) is 50.5 Å². The smallest absolute Gasteiger partial charge is 0.119 e. The number of ether oxygens (including phenoxy) is 1. The molecular weight excluding hydrogens is 270 g/mol. The van der Waals surface area contributed by atoms with Gasteiger partial charge in [0.2, 0.25) is 0 Å². The molecule has 0 saturated heterocycles. The van der Waals surface area contributed by atoms with Gasteiger partial charge < -0.3 is 10.1 Å². The average molecular weight is 301 g/mol. The fraction of sp³-hybridized carbons (Fsp3) is 0.700. The number of hydrogen-bond acceptors (Lipinski definition) is 2. The highest BCUT2D eigenvalue weighted by atomic mass is 16.5. The summed E-state index contributed by atoms with van der Waals surface area (Å²) in [6.07, 6.45) is 10.4. The molecule has 2 saturated carbocycles. The molecule has 0 spiro atoms. The van der Waals surface area contributed by atoms with Gasteiger partial charge in [0.1, 0.15) is 5.75 Å². The van der Waals surface area contributed by atoms with Crippen molar-refractivity contribution in [3.05, 3.63) is 29.8 Å². The van der Waals surface area contributed by atoms with Crippen LogP contribution in [-0.2, 0) is 6.54 Å². The van der Waals surface area contributed by atoms with Gasteiger partial charge in [0, 0.05) is 6.54 Å². The Morgan fingerprint density at radius 1 is 1.05 bits per heavy atom. The lowest BCUT2D eigenvalue weighted by Crippen LogP contribution is -2.28. The van der Waals surface area contributed by atoms with Crippen molar-refractivity contribution in [2.75, 3.05) is 13.2 Å². The summed E-state index contributed by atoms with van der Waals surface area (Å²) in [5, 5.41) is 3.63. The van der Waals surface area contributed by atoms with Crippen molar-refractivity contribution >= 4 is 0 Å². The third kappa shape index (κ3) is 4.49. The van der Waals surface area contributed by atoms with Crippen molar-refractivity contribution in [2.45, 2.75) is 58.4 Å². The molecule has 3 rings (SSSR count). The zero-order valence-electron chi connectivity index (χ0n) is 14.0. The first-order valence-electron chi connectivity index (χ1n) is 9.26. The molecule has 22 heavy (non-hydrogen) atoms. The molecule has 2 atom stereocenters. The van der Waals surface area contributed by atoms with Crippen molar-refractivity contribution in [3.8, 4) is 5.75 Å². The number of nitrogens with one attached hydrogen (secondary N) is 1. The van der Waals surface area contributed by atoms with Crippen LogP contribution in [-0.4, -0.2) is 13.2 Å². The van der Waals surface area contributed by atoms with Crippen LogP contribution < -0.4 is 10.1 Å². The topological polar surface area (TPSA) is 21.3 Å². The van der Waals surface area contributed by atoms with E-state index in [1.54, 1.807) is 0 Å². The molecule has 2 bridgehead atoms. The minimum atomic E-state index is 0.737. The first kappa shape index (κ1) is 15.9. The maximum absolute atomic E-state index is 5.48. The average Bonchev–Trinajstić information content (AvgIpc) is 2.53. The Balaban J connectivity index is 1.35. The zero-order valence-corrected chi connectivity index (χ0v) is 14.0. The molecule has 2 nitrogen and oxygen atoms in total.